The van der Waals surface area contributed by atoms with E-state index in [-0.39, 0.29) is 17.9 Å². The average molecular weight is 277 g/mol. The molecule has 5 heteroatoms. The van der Waals surface area contributed by atoms with Gasteiger partial charge in [-0.3, -0.25) is 4.68 Å². The van der Waals surface area contributed by atoms with E-state index in [9.17, 15) is 4.39 Å². The summed E-state index contributed by atoms with van der Waals surface area (Å²) in [5, 5.41) is 7.24. The standard InChI is InChI=1S/C15H20FN3O/c1-10(2)19-9-12(8-18-19)20-14-7-5-6-13(16)15(14)11(3)17-4/h5-11,17H,1-4H3. The van der Waals surface area contributed by atoms with Crippen LogP contribution in [-0.2, 0) is 0 Å². The molecule has 0 aliphatic heterocycles. The molecule has 0 bridgehead atoms. The molecule has 1 atom stereocenters. The van der Waals surface area contributed by atoms with Crippen molar-refractivity contribution in [3.05, 3.63) is 42.0 Å². The van der Waals surface area contributed by atoms with Gasteiger partial charge in [-0.1, -0.05) is 6.07 Å². The van der Waals surface area contributed by atoms with Gasteiger partial charge in [-0.2, -0.15) is 5.10 Å². The highest BCUT2D eigenvalue weighted by molar-refractivity contribution is 5.39. The zero-order valence-corrected chi connectivity index (χ0v) is 12.2. The molecule has 0 aliphatic carbocycles. The summed E-state index contributed by atoms with van der Waals surface area (Å²) in [5.41, 5.74) is 0.521. The lowest BCUT2D eigenvalue weighted by atomic mass is 10.1. The summed E-state index contributed by atoms with van der Waals surface area (Å²) in [4.78, 5) is 0. The van der Waals surface area contributed by atoms with Crippen molar-refractivity contribution in [3.63, 3.8) is 0 Å². The first-order chi connectivity index (χ1) is 9.52. The van der Waals surface area contributed by atoms with Crippen LogP contribution in [0.15, 0.2) is 30.6 Å². The number of ether oxygens (including phenoxy) is 1. The van der Waals surface area contributed by atoms with Crippen LogP contribution in [0.3, 0.4) is 0 Å². The Labute approximate surface area is 118 Å². The molecule has 0 amide bonds. The van der Waals surface area contributed by atoms with E-state index >= 15 is 0 Å². The summed E-state index contributed by atoms with van der Waals surface area (Å²) >= 11 is 0. The Balaban J connectivity index is 2.30. The fourth-order valence-corrected chi connectivity index (χ4v) is 1.95. The zero-order chi connectivity index (χ0) is 14.7. The molecule has 1 unspecified atom stereocenters. The molecule has 1 aromatic heterocycles. The minimum atomic E-state index is -0.277. The van der Waals surface area contributed by atoms with E-state index < -0.39 is 0 Å². The van der Waals surface area contributed by atoms with Gasteiger partial charge < -0.3 is 10.1 Å². The molecule has 0 saturated heterocycles. The third-order valence-electron chi connectivity index (χ3n) is 3.21. The lowest BCUT2D eigenvalue weighted by Crippen LogP contribution is -2.14. The minimum Gasteiger partial charge on any atom is -0.454 e. The molecule has 0 spiro atoms. The maximum atomic E-state index is 14.0. The molecule has 108 valence electrons. The van der Waals surface area contributed by atoms with Crippen LogP contribution in [-0.4, -0.2) is 16.8 Å². The van der Waals surface area contributed by atoms with Crippen LogP contribution in [0.2, 0.25) is 0 Å². The van der Waals surface area contributed by atoms with Crippen molar-refractivity contribution < 1.29 is 9.13 Å². The second-order valence-electron chi connectivity index (χ2n) is 5.01. The fourth-order valence-electron chi connectivity index (χ4n) is 1.95. The van der Waals surface area contributed by atoms with E-state index in [1.54, 1.807) is 30.1 Å². The first kappa shape index (κ1) is 14.5. The molecule has 0 saturated carbocycles. The highest BCUT2D eigenvalue weighted by Crippen LogP contribution is 2.31. The van der Waals surface area contributed by atoms with Crippen molar-refractivity contribution in [2.45, 2.75) is 32.9 Å². The zero-order valence-electron chi connectivity index (χ0n) is 12.2. The molecule has 20 heavy (non-hydrogen) atoms. The van der Waals surface area contributed by atoms with Crippen LogP contribution in [0.4, 0.5) is 4.39 Å². The normalized spacial score (nSPS) is 12.7. The molecule has 2 rings (SSSR count). The molecular formula is C15H20FN3O. The quantitative estimate of drug-likeness (QED) is 0.906. The van der Waals surface area contributed by atoms with Gasteiger partial charge >= 0.3 is 0 Å². The van der Waals surface area contributed by atoms with E-state index in [2.05, 4.69) is 10.4 Å². The van der Waals surface area contributed by atoms with Gasteiger partial charge in [0.25, 0.3) is 0 Å². The lowest BCUT2D eigenvalue weighted by Gasteiger charge is -2.16. The van der Waals surface area contributed by atoms with Crippen LogP contribution >= 0.6 is 0 Å². The first-order valence-electron chi connectivity index (χ1n) is 6.70. The highest BCUT2D eigenvalue weighted by atomic mass is 19.1. The van der Waals surface area contributed by atoms with Gasteiger partial charge in [0, 0.05) is 17.6 Å². The second-order valence-corrected chi connectivity index (χ2v) is 5.01. The Morgan fingerprint density at radius 3 is 2.65 bits per heavy atom. The maximum Gasteiger partial charge on any atom is 0.165 e. The van der Waals surface area contributed by atoms with Gasteiger partial charge in [0.05, 0.1) is 12.4 Å². The molecule has 1 heterocycles. The van der Waals surface area contributed by atoms with Gasteiger partial charge in [-0.25, -0.2) is 4.39 Å². The van der Waals surface area contributed by atoms with E-state index in [1.165, 1.54) is 6.07 Å². The van der Waals surface area contributed by atoms with Gasteiger partial charge in [0.15, 0.2) is 5.75 Å². The number of halogens is 1. The van der Waals surface area contributed by atoms with Gasteiger partial charge in [-0.05, 0) is 40.0 Å². The highest BCUT2D eigenvalue weighted by Gasteiger charge is 2.16. The fraction of sp³-hybridized carbons (Fsp3) is 0.400. The number of hydrogen-bond acceptors (Lipinski definition) is 3. The van der Waals surface area contributed by atoms with Crippen LogP contribution in [0.1, 0.15) is 38.4 Å². The number of nitrogens with one attached hydrogen (secondary N) is 1. The predicted molar refractivity (Wildman–Crippen MR) is 76.6 cm³/mol. The molecule has 2 aromatic rings. The van der Waals surface area contributed by atoms with Gasteiger partial charge in [-0.15, -0.1) is 0 Å². The number of benzene rings is 1. The summed E-state index contributed by atoms with van der Waals surface area (Å²) in [6.07, 6.45) is 3.45. The van der Waals surface area contributed by atoms with Crippen LogP contribution in [0, 0.1) is 5.82 Å². The molecule has 1 aromatic carbocycles. The molecular weight excluding hydrogens is 257 g/mol. The van der Waals surface area contributed by atoms with Crippen molar-refractivity contribution in [2.24, 2.45) is 0 Å². The van der Waals surface area contributed by atoms with Crippen LogP contribution < -0.4 is 10.1 Å². The van der Waals surface area contributed by atoms with E-state index in [0.717, 1.165) is 0 Å². The van der Waals surface area contributed by atoms with Crippen molar-refractivity contribution in [1.29, 1.82) is 0 Å². The number of hydrogen-bond donors (Lipinski definition) is 1. The summed E-state index contributed by atoms with van der Waals surface area (Å²) in [7, 11) is 1.79. The minimum absolute atomic E-state index is 0.133. The third-order valence-corrected chi connectivity index (χ3v) is 3.21. The molecule has 0 aliphatic rings. The number of aromatic nitrogens is 2. The molecule has 0 fully saturated rings. The Kier molecular flexibility index (Phi) is 4.39. The van der Waals surface area contributed by atoms with Gasteiger partial charge in [0.2, 0.25) is 0 Å². The SMILES string of the molecule is CNC(C)c1c(F)cccc1Oc1cnn(C(C)C)c1. The third kappa shape index (κ3) is 2.99. The van der Waals surface area contributed by atoms with Gasteiger partial charge in [0.1, 0.15) is 11.6 Å². The Hall–Kier alpha value is -1.88. The lowest BCUT2D eigenvalue weighted by molar-refractivity contribution is 0.450. The number of nitrogens with zero attached hydrogens (tertiary/aromatic N) is 2. The largest absolute Gasteiger partial charge is 0.454 e. The predicted octanol–water partition coefficient (Wildman–Crippen LogP) is 3.68. The topological polar surface area (TPSA) is 39.1 Å². The van der Waals surface area contributed by atoms with Crippen molar-refractivity contribution >= 4 is 0 Å². The molecule has 4 nitrogen and oxygen atoms in total. The summed E-state index contributed by atoms with van der Waals surface area (Å²) in [6.45, 7) is 5.96. The van der Waals surface area contributed by atoms with Crippen LogP contribution in [0.5, 0.6) is 11.5 Å². The van der Waals surface area contributed by atoms with Crippen molar-refractivity contribution in [2.75, 3.05) is 7.05 Å². The van der Waals surface area contributed by atoms with Crippen molar-refractivity contribution in [3.8, 4) is 11.5 Å². The van der Waals surface area contributed by atoms with E-state index in [1.807, 2.05) is 27.0 Å². The second kappa shape index (κ2) is 6.05. The Bertz CT molecular complexity index is 580. The van der Waals surface area contributed by atoms with Crippen LogP contribution in [0.25, 0.3) is 0 Å². The summed E-state index contributed by atoms with van der Waals surface area (Å²) in [6, 6.07) is 4.97. The van der Waals surface area contributed by atoms with E-state index in [0.29, 0.717) is 17.1 Å². The van der Waals surface area contributed by atoms with E-state index in [4.69, 9.17) is 4.74 Å². The Morgan fingerprint density at radius 2 is 2.05 bits per heavy atom. The smallest absolute Gasteiger partial charge is 0.165 e. The summed E-state index contributed by atoms with van der Waals surface area (Å²) < 4.78 is 21.6. The monoisotopic (exact) mass is 277 g/mol. The van der Waals surface area contributed by atoms with Crippen molar-refractivity contribution in [1.82, 2.24) is 15.1 Å². The Morgan fingerprint density at radius 1 is 1.30 bits per heavy atom. The maximum absolute atomic E-state index is 14.0. The summed E-state index contributed by atoms with van der Waals surface area (Å²) in [5.74, 6) is 0.838. The average Bonchev–Trinajstić information content (AvgIpc) is 2.87. The first-order valence-corrected chi connectivity index (χ1v) is 6.70. The molecule has 0 radical (unpaired) electrons. The molecule has 1 N–H and O–H groups in total. The number of rotatable bonds is 5.